The maximum Gasteiger partial charge on any atom is 0.274 e. The maximum absolute atomic E-state index is 11.9. The van der Waals surface area contributed by atoms with Gasteiger partial charge in [0.25, 0.3) is 5.91 Å². The highest BCUT2D eigenvalue weighted by Gasteiger charge is 2.14. The van der Waals surface area contributed by atoms with E-state index in [4.69, 9.17) is 5.73 Å². The van der Waals surface area contributed by atoms with Crippen molar-refractivity contribution in [3.63, 3.8) is 0 Å². The number of anilines is 1. The minimum Gasteiger partial charge on any atom is -0.396 e. The molecule has 0 aliphatic carbocycles. The number of nitrogen functional groups attached to an aromatic ring is 1. The highest BCUT2D eigenvalue weighted by Crippen LogP contribution is 2.08. The summed E-state index contributed by atoms with van der Waals surface area (Å²) in [5.74, 6) is 0.486. The van der Waals surface area contributed by atoms with Crippen LogP contribution in [0, 0.1) is 0 Å². The van der Waals surface area contributed by atoms with Crippen molar-refractivity contribution in [1.82, 2.24) is 24.6 Å². The Labute approximate surface area is 105 Å². The van der Waals surface area contributed by atoms with Gasteiger partial charge in [-0.15, -0.1) is 0 Å². The Morgan fingerprint density at radius 2 is 2.33 bits per heavy atom. The summed E-state index contributed by atoms with van der Waals surface area (Å²) in [5.41, 5.74) is 6.37. The molecule has 2 heterocycles. The number of aromatic nitrogens is 4. The normalized spacial score (nSPS) is 10.6. The molecule has 7 heteroatoms. The third-order valence-electron chi connectivity index (χ3n) is 2.66. The van der Waals surface area contributed by atoms with Crippen LogP contribution in [-0.4, -0.2) is 25.2 Å². The zero-order valence-electron chi connectivity index (χ0n) is 10.4. The van der Waals surface area contributed by atoms with Crippen molar-refractivity contribution < 1.29 is 4.79 Å². The minimum absolute atomic E-state index is 0.256. The summed E-state index contributed by atoms with van der Waals surface area (Å²) < 4.78 is 3.47. The topological polar surface area (TPSA) is 90.8 Å². The van der Waals surface area contributed by atoms with E-state index in [9.17, 15) is 4.79 Å². The van der Waals surface area contributed by atoms with E-state index in [1.54, 1.807) is 17.1 Å². The Morgan fingerprint density at radius 1 is 1.56 bits per heavy atom. The number of imidazole rings is 1. The summed E-state index contributed by atoms with van der Waals surface area (Å²) in [6.45, 7) is 2.96. The van der Waals surface area contributed by atoms with E-state index >= 15 is 0 Å². The van der Waals surface area contributed by atoms with E-state index in [1.807, 2.05) is 24.7 Å². The molecule has 3 N–H and O–H groups in total. The smallest absolute Gasteiger partial charge is 0.274 e. The molecule has 0 spiro atoms. The van der Waals surface area contributed by atoms with Crippen LogP contribution in [0.25, 0.3) is 0 Å². The van der Waals surface area contributed by atoms with Crippen molar-refractivity contribution in [1.29, 1.82) is 0 Å². The number of nitrogens with zero attached hydrogens (tertiary/aromatic N) is 4. The zero-order valence-corrected chi connectivity index (χ0v) is 10.4. The molecule has 2 aromatic heterocycles. The Kier molecular flexibility index (Phi) is 3.31. The molecule has 0 saturated carbocycles. The fraction of sp³-hybridized carbons (Fsp3) is 0.364. The first-order valence-electron chi connectivity index (χ1n) is 5.69. The van der Waals surface area contributed by atoms with E-state index < -0.39 is 0 Å². The first kappa shape index (κ1) is 12.2. The van der Waals surface area contributed by atoms with Crippen molar-refractivity contribution >= 4 is 11.6 Å². The van der Waals surface area contributed by atoms with Crippen LogP contribution in [0.4, 0.5) is 5.69 Å². The van der Waals surface area contributed by atoms with Gasteiger partial charge in [0, 0.05) is 32.2 Å². The predicted molar refractivity (Wildman–Crippen MR) is 66.7 cm³/mol. The van der Waals surface area contributed by atoms with E-state index in [0.29, 0.717) is 18.8 Å². The first-order chi connectivity index (χ1) is 8.61. The molecular weight excluding hydrogens is 232 g/mol. The lowest BCUT2D eigenvalue weighted by Crippen LogP contribution is -2.25. The van der Waals surface area contributed by atoms with Crippen LogP contribution in [-0.2, 0) is 20.1 Å². The molecule has 18 heavy (non-hydrogen) atoms. The van der Waals surface area contributed by atoms with Gasteiger partial charge in [0.1, 0.15) is 5.82 Å². The Hall–Kier alpha value is -2.31. The van der Waals surface area contributed by atoms with Crippen LogP contribution in [0.3, 0.4) is 0 Å². The van der Waals surface area contributed by atoms with Crippen LogP contribution in [0.1, 0.15) is 23.2 Å². The predicted octanol–water partition coefficient (Wildman–Crippen LogP) is 0.149. The molecular formula is C11H16N6O. The summed E-state index contributed by atoms with van der Waals surface area (Å²) in [4.78, 5) is 16.0. The first-order valence-corrected chi connectivity index (χ1v) is 5.69. The quantitative estimate of drug-likeness (QED) is 0.805. The van der Waals surface area contributed by atoms with Gasteiger partial charge in [-0.2, -0.15) is 5.10 Å². The molecule has 0 aromatic carbocycles. The average Bonchev–Trinajstić information content (AvgIpc) is 2.92. The molecule has 2 rings (SSSR count). The lowest BCUT2D eigenvalue weighted by atomic mass is 10.3. The number of nitrogens with two attached hydrogens (primary N) is 1. The molecule has 1 amide bonds. The number of carbonyl (C=O) groups is 1. The molecule has 96 valence electrons. The van der Waals surface area contributed by atoms with E-state index in [2.05, 4.69) is 15.4 Å². The molecule has 0 fully saturated rings. The second-order valence-electron chi connectivity index (χ2n) is 3.93. The third-order valence-corrected chi connectivity index (χ3v) is 2.66. The summed E-state index contributed by atoms with van der Waals surface area (Å²) in [6, 6.07) is 0. The molecule has 0 atom stereocenters. The van der Waals surface area contributed by atoms with E-state index in [1.165, 1.54) is 0 Å². The monoisotopic (exact) mass is 248 g/mol. The SMILES string of the molecule is CCn1cc(N)c(C(=O)NCc2nccn2C)n1. The molecule has 0 unspecified atom stereocenters. The minimum atomic E-state index is -0.289. The molecule has 7 nitrogen and oxygen atoms in total. The molecule has 0 saturated heterocycles. The number of amides is 1. The second kappa shape index (κ2) is 4.91. The van der Waals surface area contributed by atoms with E-state index in [0.717, 1.165) is 5.82 Å². The fourth-order valence-corrected chi connectivity index (χ4v) is 1.59. The number of carbonyl (C=O) groups excluding carboxylic acids is 1. The van der Waals surface area contributed by atoms with Crippen molar-refractivity contribution in [3.05, 3.63) is 30.1 Å². The summed E-state index contributed by atoms with van der Waals surface area (Å²) in [6.07, 6.45) is 5.15. The van der Waals surface area contributed by atoms with Crippen molar-refractivity contribution in [2.24, 2.45) is 7.05 Å². The van der Waals surface area contributed by atoms with Gasteiger partial charge in [0.2, 0.25) is 0 Å². The van der Waals surface area contributed by atoms with Crippen LogP contribution < -0.4 is 11.1 Å². The Bertz CT molecular complexity index is 556. The lowest BCUT2D eigenvalue weighted by Gasteiger charge is -2.03. The van der Waals surface area contributed by atoms with Crippen LogP contribution in [0.15, 0.2) is 18.6 Å². The molecule has 0 aliphatic rings. The van der Waals surface area contributed by atoms with Gasteiger partial charge in [-0.25, -0.2) is 4.98 Å². The van der Waals surface area contributed by atoms with Gasteiger partial charge >= 0.3 is 0 Å². The number of hydrogen-bond donors (Lipinski definition) is 2. The molecule has 0 radical (unpaired) electrons. The van der Waals surface area contributed by atoms with Crippen molar-refractivity contribution in [2.75, 3.05) is 5.73 Å². The summed E-state index contributed by atoms with van der Waals surface area (Å²) in [5, 5.41) is 6.85. The van der Waals surface area contributed by atoms with Crippen molar-refractivity contribution in [2.45, 2.75) is 20.0 Å². The maximum atomic E-state index is 11.9. The summed E-state index contributed by atoms with van der Waals surface area (Å²) >= 11 is 0. The molecule has 0 aliphatic heterocycles. The Morgan fingerprint density at radius 3 is 2.89 bits per heavy atom. The molecule has 0 bridgehead atoms. The molecule has 2 aromatic rings. The fourth-order valence-electron chi connectivity index (χ4n) is 1.59. The highest BCUT2D eigenvalue weighted by molar-refractivity contribution is 5.96. The Balaban J connectivity index is 2.03. The van der Waals surface area contributed by atoms with Gasteiger partial charge < -0.3 is 15.6 Å². The standard InChI is InChI=1S/C11H16N6O/c1-3-17-7-8(12)10(15-17)11(18)14-6-9-13-4-5-16(9)2/h4-5,7H,3,6,12H2,1-2H3,(H,14,18). The van der Waals surface area contributed by atoms with Crippen LogP contribution in [0.5, 0.6) is 0 Å². The van der Waals surface area contributed by atoms with Gasteiger partial charge in [-0.05, 0) is 6.92 Å². The van der Waals surface area contributed by atoms with Gasteiger partial charge in [-0.1, -0.05) is 0 Å². The van der Waals surface area contributed by atoms with E-state index in [-0.39, 0.29) is 11.6 Å². The highest BCUT2D eigenvalue weighted by atomic mass is 16.2. The number of nitrogens with one attached hydrogen (secondary N) is 1. The third kappa shape index (κ3) is 2.34. The number of aryl methyl sites for hydroxylation is 2. The largest absolute Gasteiger partial charge is 0.396 e. The van der Waals surface area contributed by atoms with Crippen molar-refractivity contribution in [3.8, 4) is 0 Å². The number of hydrogen-bond acceptors (Lipinski definition) is 4. The lowest BCUT2D eigenvalue weighted by molar-refractivity contribution is 0.0944. The zero-order chi connectivity index (χ0) is 13.1. The van der Waals surface area contributed by atoms with Gasteiger partial charge in [0.15, 0.2) is 5.69 Å². The van der Waals surface area contributed by atoms with Gasteiger partial charge in [-0.3, -0.25) is 9.48 Å². The summed E-state index contributed by atoms with van der Waals surface area (Å²) in [7, 11) is 1.87. The van der Waals surface area contributed by atoms with Gasteiger partial charge in [0.05, 0.1) is 12.2 Å². The van der Waals surface area contributed by atoms with Crippen LogP contribution in [0.2, 0.25) is 0 Å². The van der Waals surface area contributed by atoms with Crippen LogP contribution >= 0.6 is 0 Å². The average molecular weight is 248 g/mol. The second-order valence-corrected chi connectivity index (χ2v) is 3.93. The number of rotatable bonds is 4.